The Labute approximate surface area is 159 Å². The molecule has 2 heterocycles. The molecule has 0 saturated carbocycles. The Bertz CT molecular complexity index is 912. The van der Waals surface area contributed by atoms with Gasteiger partial charge in [-0.15, -0.1) is 0 Å². The maximum atomic E-state index is 12.4. The summed E-state index contributed by atoms with van der Waals surface area (Å²) in [4.78, 5) is 19.0. The number of carbonyl (C=O) groups is 1. The zero-order chi connectivity index (χ0) is 18.6. The molecule has 1 saturated heterocycles. The number of piperidine rings is 1. The molecule has 140 valence electrons. The first kappa shape index (κ1) is 17.6. The average Bonchev–Trinajstić information content (AvgIpc) is 3.03. The number of hydrogen-bond donors (Lipinski definition) is 0. The lowest BCUT2D eigenvalue weighted by Gasteiger charge is -2.32. The fourth-order valence-electron chi connectivity index (χ4n) is 3.80. The second kappa shape index (κ2) is 7.82. The predicted molar refractivity (Wildman–Crippen MR) is 106 cm³/mol. The van der Waals surface area contributed by atoms with Gasteiger partial charge in [0, 0.05) is 19.6 Å². The first-order chi connectivity index (χ1) is 13.2. The van der Waals surface area contributed by atoms with Crippen LogP contribution < -0.4 is 4.74 Å². The van der Waals surface area contributed by atoms with Gasteiger partial charge in [0.15, 0.2) is 6.61 Å². The number of rotatable bonds is 5. The summed E-state index contributed by atoms with van der Waals surface area (Å²) >= 11 is 0. The van der Waals surface area contributed by atoms with E-state index in [4.69, 9.17) is 4.74 Å². The fraction of sp³-hybridized carbons (Fsp3) is 0.364. The lowest BCUT2D eigenvalue weighted by molar-refractivity contribution is -0.134. The fourth-order valence-corrected chi connectivity index (χ4v) is 3.80. The number of aryl methyl sites for hydroxylation is 1. The monoisotopic (exact) mass is 363 g/mol. The molecule has 1 amide bonds. The summed E-state index contributed by atoms with van der Waals surface area (Å²) in [5.74, 6) is 2.44. The number of likely N-dealkylation sites (tertiary alicyclic amines) is 1. The molecule has 0 spiro atoms. The van der Waals surface area contributed by atoms with E-state index in [1.807, 2.05) is 41.3 Å². The molecule has 3 aromatic rings. The standard InChI is InChI=1S/C22H25N3O2/c1-17-23-20-9-5-6-10-21(20)25(17)15-18-11-13-24(14-12-18)22(26)16-27-19-7-3-2-4-8-19/h2-10,18H,11-16H2,1H3. The van der Waals surface area contributed by atoms with E-state index >= 15 is 0 Å². The lowest BCUT2D eigenvalue weighted by Crippen LogP contribution is -2.41. The largest absolute Gasteiger partial charge is 0.484 e. The van der Waals surface area contributed by atoms with Gasteiger partial charge in [0.1, 0.15) is 11.6 Å². The van der Waals surface area contributed by atoms with Crippen LogP contribution in [0.5, 0.6) is 5.75 Å². The number of para-hydroxylation sites is 3. The van der Waals surface area contributed by atoms with Crippen molar-refractivity contribution in [1.82, 2.24) is 14.5 Å². The number of nitrogens with zero attached hydrogens (tertiary/aromatic N) is 3. The highest BCUT2D eigenvalue weighted by Crippen LogP contribution is 2.23. The first-order valence-corrected chi connectivity index (χ1v) is 9.58. The van der Waals surface area contributed by atoms with Crippen LogP contribution in [0.15, 0.2) is 54.6 Å². The Morgan fingerprint density at radius 3 is 2.56 bits per heavy atom. The number of carbonyl (C=O) groups excluding carboxylic acids is 1. The summed E-state index contributed by atoms with van der Waals surface area (Å²) in [7, 11) is 0. The van der Waals surface area contributed by atoms with Crippen molar-refractivity contribution in [3.05, 3.63) is 60.4 Å². The molecule has 0 N–H and O–H groups in total. The maximum Gasteiger partial charge on any atom is 0.260 e. The van der Waals surface area contributed by atoms with Crippen LogP contribution in [0.2, 0.25) is 0 Å². The van der Waals surface area contributed by atoms with Crippen molar-refractivity contribution in [2.45, 2.75) is 26.3 Å². The number of hydrogen-bond acceptors (Lipinski definition) is 3. The molecule has 0 aliphatic carbocycles. The second-order valence-electron chi connectivity index (χ2n) is 7.18. The predicted octanol–water partition coefficient (Wildman–Crippen LogP) is 3.66. The molecule has 1 aliphatic heterocycles. The molecule has 1 aromatic heterocycles. The van der Waals surface area contributed by atoms with Gasteiger partial charge in [0.25, 0.3) is 5.91 Å². The van der Waals surface area contributed by atoms with Gasteiger partial charge in [-0.05, 0) is 49.9 Å². The topological polar surface area (TPSA) is 47.4 Å². The third-order valence-corrected chi connectivity index (χ3v) is 5.36. The van der Waals surface area contributed by atoms with Gasteiger partial charge in [-0.3, -0.25) is 4.79 Å². The maximum absolute atomic E-state index is 12.4. The van der Waals surface area contributed by atoms with E-state index in [0.29, 0.717) is 5.92 Å². The smallest absolute Gasteiger partial charge is 0.260 e. The normalized spacial score (nSPS) is 15.2. The van der Waals surface area contributed by atoms with Crippen LogP contribution in [-0.4, -0.2) is 40.1 Å². The van der Waals surface area contributed by atoms with E-state index in [0.717, 1.165) is 49.6 Å². The zero-order valence-electron chi connectivity index (χ0n) is 15.7. The number of ether oxygens (including phenoxy) is 1. The molecule has 0 atom stereocenters. The molecule has 0 bridgehead atoms. The SMILES string of the molecule is Cc1nc2ccccc2n1CC1CCN(C(=O)COc2ccccc2)CC1. The van der Waals surface area contributed by atoms with E-state index in [9.17, 15) is 4.79 Å². The van der Waals surface area contributed by atoms with Gasteiger partial charge in [0.05, 0.1) is 11.0 Å². The molecule has 5 heteroatoms. The Morgan fingerprint density at radius 2 is 1.78 bits per heavy atom. The quantitative estimate of drug-likeness (QED) is 0.695. The van der Waals surface area contributed by atoms with Crippen molar-refractivity contribution in [3.63, 3.8) is 0 Å². The van der Waals surface area contributed by atoms with Crippen LogP contribution in [0.3, 0.4) is 0 Å². The molecule has 0 radical (unpaired) electrons. The van der Waals surface area contributed by atoms with E-state index in [1.54, 1.807) is 0 Å². The zero-order valence-corrected chi connectivity index (χ0v) is 15.7. The summed E-state index contributed by atoms with van der Waals surface area (Å²) in [6.45, 7) is 4.75. The van der Waals surface area contributed by atoms with Crippen molar-refractivity contribution in [2.75, 3.05) is 19.7 Å². The molecule has 4 rings (SSSR count). The molecule has 2 aromatic carbocycles. The third kappa shape index (κ3) is 3.97. The number of benzene rings is 2. The summed E-state index contributed by atoms with van der Waals surface area (Å²) in [5, 5.41) is 0. The highest BCUT2D eigenvalue weighted by molar-refractivity contribution is 5.78. The lowest BCUT2D eigenvalue weighted by atomic mass is 9.96. The minimum Gasteiger partial charge on any atom is -0.484 e. The Morgan fingerprint density at radius 1 is 1.07 bits per heavy atom. The molecular formula is C22H25N3O2. The van der Waals surface area contributed by atoms with Crippen LogP contribution in [0.25, 0.3) is 11.0 Å². The minimum absolute atomic E-state index is 0.0709. The van der Waals surface area contributed by atoms with Crippen LogP contribution in [-0.2, 0) is 11.3 Å². The summed E-state index contributed by atoms with van der Waals surface area (Å²) in [6.07, 6.45) is 2.03. The van der Waals surface area contributed by atoms with Crippen molar-refractivity contribution in [3.8, 4) is 5.75 Å². The van der Waals surface area contributed by atoms with Crippen molar-refractivity contribution < 1.29 is 9.53 Å². The summed E-state index contributed by atoms with van der Waals surface area (Å²) < 4.78 is 7.91. The highest BCUT2D eigenvalue weighted by Gasteiger charge is 2.24. The molecule has 0 unspecified atom stereocenters. The van der Waals surface area contributed by atoms with Crippen LogP contribution >= 0.6 is 0 Å². The Balaban J connectivity index is 1.31. The van der Waals surface area contributed by atoms with Gasteiger partial charge in [0.2, 0.25) is 0 Å². The molecular weight excluding hydrogens is 338 g/mol. The minimum atomic E-state index is 0.0709. The van der Waals surface area contributed by atoms with E-state index in [2.05, 4.69) is 34.7 Å². The van der Waals surface area contributed by atoms with Crippen LogP contribution in [0.1, 0.15) is 18.7 Å². The average molecular weight is 363 g/mol. The first-order valence-electron chi connectivity index (χ1n) is 9.58. The van der Waals surface area contributed by atoms with E-state index in [1.165, 1.54) is 5.52 Å². The number of aromatic nitrogens is 2. The number of amides is 1. The van der Waals surface area contributed by atoms with Gasteiger partial charge in [-0.2, -0.15) is 0 Å². The summed E-state index contributed by atoms with van der Waals surface area (Å²) in [5.41, 5.74) is 2.26. The van der Waals surface area contributed by atoms with Gasteiger partial charge < -0.3 is 14.2 Å². The third-order valence-electron chi connectivity index (χ3n) is 5.36. The van der Waals surface area contributed by atoms with Gasteiger partial charge >= 0.3 is 0 Å². The Hall–Kier alpha value is -2.82. The van der Waals surface area contributed by atoms with Crippen molar-refractivity contribution in [2.24, 2.45) is 5.92 Å². The van der Waals surface area contributed by atoms with Crippen molar-refractivity contribution in [1.29, 1.82) is 0 Å². The number of imidazole rings is 1. The molecule has 1 aliphatic rings. The van der Waals surface area contributed by atoms with Crippen LogP contribution in [0.4, 0.5) is 0 Å². The summed E-state index contributed by atoms with van der Waals surface area (Å²) in [6, 6.07) is 17.8. The molecule has 1 fully saturated rings. The van der Waals surface area contributed by atoms with Gasteiger partial charge in [-0.25, -0.2) is 4.98 Å². The van der Waals surface area contributed by atoms with Crippen molar-refractivity contribution >= 4 is 16.9 Å². The highest BCUT2D eigenvalue weighted by atomic mass is 16.5. The molecule has 27 heavy (non-hydrogen) atoms. The van der Waals surface area contributed by atoms with E-state index in [-0.39, 0.29) is 12.5 Å². The van der Waals surface area contributed by atoms with Gasteiger partial charge in [-0.1, -0.05) is 30.3 Å². The molecule has 5 nitrogen and oxygen atoms in total. The van der Waals surface area contributed by atoms with E-state index < -0.39 is 0 Å². The van der Waals surface area contributed by atoms with Crippen LogP contribution in [0, 0.1) is 12.8 Å². The second-order valence-corrected chi connectivity index (χ2v) is 7.18. The number of fused-ring (bicyclic) bond motifs is 1. The Kier molecular flexibility index (Phi) is 5.10.